The molecule has 0 unspecified atom stereocenters. The Labute approximate surface area is 151 Å². The zero-order valence-corrected chi connectivity index (χ0v) is 14.9. The molecule has 0 spiro atoms. The molecule has 1 amide bonds. The van der Waals surface area contributed by atoms with Gasteiger partial charge in [0.1, 0.15) is 4.88 Å². The molecule has 1 aliphatic rings. The summed E-state index contributed by atoms with van der Waals surface area (Å²) in [6, 6.07) is 11.0. The Morgan fingerprint density at radius 2 is 2.20 bits per heavy atom. The van der Waals surface area contributed by atoms with Gasteiger partial charge in [-0.25, -0.2) is 4.79 Å². The maximum absolute atomic E-state index is 12.3. The molecule has 0 bridgehead atoms. The second-order valence-corrected chi connectivity index (χ2v) is 6.89. The molecule has 1 aliphatic heterocycles. The number of hydrogen-bond donors (Lipinski definition) is 1. The van der Waals surface area contributed by atoms with Crippen molar-refractivity contribution in [2.75, 3.05) is 19.8 Å². The fourth-order valence-electron chi connectivity index (χ4n) is 2.73. The van der Waals surface area contributed by atoms with Crippen LogP contribution in [0.4, 0.5) is 0 Å². The molecule has 0 aliphatic carbocycles. The highest BCUT2D eigenvalue weighted by atomic mass is 32.1. The van der Waals surface area contributed by atoms with Crippen LogP contribution in [0.15, 0.2) is 36.4 Å². The summed E-state index contributed by atoms with van der Waals surface area (Å²) < 4.78 is 10.5. The lowest BCUT2D eigenvalue weighted by Gasteiger charge is -2.11. The summed E-state index contributed by atoms with van der Waals surface area (Å²) in [5.41, 5.74) is 1.51. The van der Waals surface area contributed by atoms with Crippen LogP contribution in [0.5, 0.6) is 0 Å². The lowest BCUT2D eigenvalue weighted by atomic mass is 10.1. The summed E-state index contributed by atoms with van der Waals surface area (Å²) in [6.07, 6.45) is 2.17. The van der Waals surface area contributed by atoms with Gasteiger partial charge in [-0.2, -0.15) is 0 Å². The van der Waals surface area contributed by atoms with Crippen LogP contribution in [-0.4, -0.2) is 37.7 Å². The molecule has 3 rings (SSSR count). The Balaban J connectivity index is 1.68. The first-order chi connectivity index (χ1) is 12.2. The van der Waals surface area contributed by atoms with E-state index in [1.165, 1.54) is 11.3 Å². The average Bonchev–Trinajstić information content (AvgIpc) is 3.32. The van der Waals surface area contributed by atoms with Crippen LogP contribution in [0.2, 0.25) is 0 Å². The van der Waals surface area contributed by atoms with Crippen molar-refractivity contribution in [2.24, 2.45) is 0 Å². The number of hydrogen-bond acceptors (Lipinski definition) is 5. The Kier molecular flexibility index (Phi) is 5.83. The highest BCUT2D eigenvalue weighted by Crippen LogP contribution is 2.29. The van der Waals surface area contributed by atoms with Gasteiger partial charge in [-0.15, -0.1) is 11.3 Å². The van der Waals surface area contributed by atoms with Crippen molar-refractivity contribution in [1.29, 1.82) is 0 Å². The largest absolute Gasteiger partial charge is 0.462 e. The quantitative estimate of drug-likeness (QED) is 0.802. The summed E-state index contributed by atoms with van der Waals surface area (Å²) in [4.78, 5) is 25.6. The van der Waals surface area contributed by atoms with E-state index in [0.717, 1.165) is 29.9 Å². The molecule has 1 aromatic heterocycles. The van der Waals surface area contributed by atoms with Crippen molar-refractivity contribution in [3.63, 3.8) is 0 Å². The monoisotopic (exact) mass is 359 g/mol. The number of carbonyl (C=O) groups is 2. The Hall–Kier alpha value is -2.18. The summed E-state index contributed by atoms with van der Waals surface area (Å²) >= 11 is 1.36. The smallest absolute Gasteiger partial charge is 0.348 e. The van der Waals surface area contributed by atoms with E-state index in [9.17, 15) is 9.59 Å². The van der Waals surface area contributed by atoms with Gasteiger partial charge >= 0.3 is 5.97 Å². The molecular formula is C19H21NO4S. The number of nitrogens with one attached hydrogen (secondary N) is 1. The number of thiophene rings is 1. The maximum atomic E-state index is 12.3. The molecule has 1 saturated heterocycles. The predicted octanol–water partition coefficient (Wildman–Crippen LogP) is 3.50. The Bertz CT molecular complexity index is 749. The van der Waals surface area contributed by atoms with Crippen molar-refractivity contribution in [2.45, 2.75) is 25.9 Å². The predicted molar refractivity (Wildman–Crippen MR) is 97.0 cm³/mol. The second kappa shape index (κ2) is 8.27. The van der Waals surface area contributed by atoms with Crippen molar-refractivity contribution in [3.8, 4) is 10.4 Å². The molecule has 1 aromatic carbocycles. The third kappa shape index (κ3) is 4.46. The lowest BCUT2D eigenvalue weighted by molar-refractivity contribution is 0.0532. The van der Waals surface area contributed by atoms with Gasteiger partial charge in [-0.05, 0) is 49.6 Å². The first kappa shape index (κ1) is 17.6. The number of carbonyl (C=O) groups excluding carboxylic acids is 2. The molecule has 25 heavy (non-hydrogen) atoms. The fraction of sp³-hybridized carbons (Fsp3) is 0.368. The van der Waals surface area contributed by atoms with E-state index in [2.05, 4.69) is 5.32 Å². The van der Waals surface area contributed by atoms with Crippen LogP contribution in [0.25, 0.3) is 10.4 Å². The molecule has 0 saturated carbocycles. The third-order valence-corrected chi connectivity index (χ3v) is 5.12. The second-order valence-electron chi connectivity index (χ2n) is 5.81. The van der Waals surface area contributed by atoms with E-state index in [0.29, 0.717) is 23.6 Å². The summed E-state index contributed by atoms with van der Waals surface area (Å²) in [5, 5.41) is 2.93. The molecular weight excluding hydrogens is 338 g/mol. The minimum absolute atomic E-state index is 0.112. The van der Waals surface area contributed by atoms with Crippen LogP contribution in [0.1, 0.15) is 39.8 Å². The Morgan fingerprint density at radius 3 is 2.96 bits per heavy atom. The van der Waals surface area contributed by atoms with Gasteiger partial charge in [-0.3, -0.25) is 4.79 Å². The van der Waals surface area contributed by atoms with E-state index in [1.54, 1.807) is 19.1 Å². The van der Waals surface area contributed by atoms with E-state index < -0.39 is 0 Å². The molecule has 1 N–H and O–H groups in total. The topological polar surface area (TPSA) is 64.6 Å². The normalized spacial score (nSPS) is 16.6. The standard InChI is InChI=1S/C19H21NO4S/c1-2-23-19(22)17-9-8-16(25-17)13-5-3-6-14(11-13)18(21)20-12-15-7-4-10-24-15/h3,5-6,8-9,11,15H,2,4,7,10,12H2,1H3,(H,20,21)/t15-/m1/s1. The number of esters is 1. The van der Waals surface area contributed by atoms with Crippen molar-refractivity contribution >= 4 is 23.2 Å². The van der Waals surface area contributed by atoms with Gasteiger partial charge < -0.3 is 14.8 Å². The molecule has 0 radical (unpaired) electrons. The lowest BCUT2D eigenvalue weighted by Crippen LogP contribution is -2.31. The Morgan fingerprint density at radius 1 is 1.32 bits per heavy atom. The minimum Gasteiger partial charge on any atom is -0.462 e. The molecule has 1 atom stereocenters. The van der Waals surface area contributed by atoms with Gasteiger partial charge in [0.15, 0.2) is 0 Å². The zero-order valence-electron chi connectivity index (χ0n) is 14.1. The van der Waals surface area contributed by atoms with Crippen molar-refractivity contribution in [1.82, 2.24) is 5.32 Å². The third-order valence-electron chi connectivity index (χ3n) is 4.01. The van der Waals surface area contributed by atoms with Gasteiger partial charge in [0.25, 0.3) is 5.91 Å². The highest BCUT2D eigenvalue weighted by molar-refractivity contribution is 7.17. The average molecular weight is 359 g/mol. The first-order valence-electron chi connectivity index (χ1n) is 8.44. The van der Waals surface area contributed by atoms with Crippen LogP contribution < -0.4 is 5.32 Å². The van der Waals surface area contributed by atoms with Crippen molar-refractivity contribution in [3.05, 3.63) is 46.8 Å². The summed E-state index contributed by atoms with van der Waals surface area (Å²) in [7, 11) is 0. The number of benzene rings is 1. The van der Waals surface area contributed by atoms with Crippen LogP contribution in [-0.2, 0) is 9.47 Å². The molecule has 5 nitrogen and oxygen atoms in total. The summed E-state index contributed by atoms with van der Waals surface area (Å²) in [6.45, 7) is 3.45. The summed E-state index contributed by atoms with van der Waals surface area (Å²) in [5.74, 6) is -0.427. The molecule has 1 fully saturated rings. The molecule has 132 valence electrons. The van der Waals surface area contributed by atoms with Crippen molar-refractivity contribution < 1.29 is 19.1 Å². The maximum Gasteiger partial charge on any atom is 0.348 e. The van der Waals surface area contributed by atoms with E-state index >= 15 is 0 Å². The van der Waals surface area contributed by atoms with E-state index in [4.69, 9.17) is 9.47 Å². The van der Waals surface area contributed by atoms with Crippen LogP contribution in [0, 0.1) is 0 Å². The van der Waals surface area contributed by atoms with Crippen LogP contribution >= 0.6 is 11.3 Å². The number of ether oxygens (including phenoxy) is 2. The van der Waals surface area contributed by atoms with Gasteiger partial charge in [-0.1, -0.05) is 12.1 Å². The van der Waals surface area contributed by atoms with Gasteiger partial charge in [0.2, 0.25) is 0 Å². The first-order valence-corrected chi connectivity index (χ1v) is 9.26. The number of rotatable bonds is 6. The minimum atomic E-state index is -0.316. The van der Waals surface area contributed by atoms with Gasteiger partial charge in [0, 0.05) is 23.6 Å². The zero-order chi connectivity index (χ0) is 17.6. The fourth-order valence-corrected chi connectivity index (χ4v) is 3.63. The van der Waals surface area contributed by atoms with Gasteiger partial charge in [0.05, 0.1) is 12.7 Å². The number of amides is 1. The molecule has 2 aromatic rings. The van der Waals surface area contributed by atoms with E-state index in [1.807, 2.05) is 24.3 Å². The highest BCUT2D eigenvalue weighted by Gasteiger charge is 2.17. The molecule has 6 heteroatoms. The molecule has 2 heterocycles. The van der Waals surface area contributed by atoms with E-state index in [-0.39, 0.29) is 18.0 Å². The SMILES string of the molecule is CCOC(=O)c1ccc(-c2cccc(C(=O)NC[C@H]3CCCO3)c2)s1. The van der Waals surface area contributed by atoms with Crippen LogP contribution in [0.3, 0.4) is 0 Å².